The summed E-state index contributed by atoms with van der Waals surface area (Å²) in [5.41, 5.74) is 5.81. The lowest BCUT2D eigenvalue weighted by atomic mass is 9.92. The third kappa shape index (κ3) is 4.03. The minimum Gasteiger partial charge on any atom is -0.369 e. The number of benzene rings is 1. The van der Waals surface area contributed by atoms with Gasteiger partial charge in [0.15, 0.2) is 0 Å². The molecule has 6 nitrogen and oxygen atoms in total. The number of hydrogen-bond acceptors (Lipinski definition) is 3. The van der Waals surface area contributed by atoms with E-state index in [0.717, 1.165) is 25.7 Å². The maximum atomic E-state index is 13.0. The molecule has 2 heterocycles. The summed E-state index contributed by atoms with van der Waals surface area (Å²) < 4.78 is 13.0. The first-order valence-electron chi connectivity index (χ1n) is 9.08. The van der Waals surface area contributed by atoms with Crippen LogP contribution in [-0.4, -0.2) is 53.7 Å². The lowest BCUT2D eigenvalue weighted by molar-refractivity contribution is -0.140. The molecule has 0 radical (unpaired) electrons. The Labute approximate surface area is 152 Å². The fraction of sp³-hybridized carbons (Fsp3) is 0.526. The number of carbonyl (C=O) groups excluding carboxylic acids is 3. The number of nitrogens with zero attached hydrogens (tertiary/aromatic N) is 2. The molecule has 7 heteroatoms. The molecule has 0 saturated carbocycles. The monoisotopic (exact) mass is 361 g/mol. The van der Waals surface area contributed by atoms with Gasteiger partial charge < -0.3 is 15.5 Å². The molecular formula is C19H24FN3O3. The Morgan fingerprint density at radius 1 is 0.923 bits per heavy atom. The first-order valence-corrected chi connectivity index (χ1v) is 9.08. The molecule has 2 aliphatic rings. The molecule has 3 amide bonds. The summed E-state index contributed by atoms with van der Waals surface area (Å²) in [6.45, 7) is 1.94. The van der Waals surface area contributed by atoms with E-state index in [9.17, 15) is 18.8 Å². The van der Waals surface area contributed by atoms with Gasteiger partial charge in [0.2, 0.25) is 11.8 Å². The zero-order chi connectivity index (χ0) is 18.7. The van der Waals surface area contributed by atoms with Crippen molar-refractivity contribution < 1.29 is 18.8 Å². The zero-order valence-electron chi connectivity index (χ0n) is 14.7. The van der Waals surface area contributed by atoms with E-state index in [1.165, 1.54) is 24.3 Å². The first kappa shape index (κ1) is 18.4. The molecule has 1 aromatic carbocycles. The number of piperidine rings is 2. The summed E-state index contributed by atoms with van der Waals surface area (Å²) in [6, 6.07) is 5.45. The average Bonchev–Trinajstić information content (AvgIpc) is 2.67. The van der Waals surface area contributed by atoms with Crippen LogP contribution in [0.2, 0.25) is 0 Å². The average molecular weight is 361 g/mol. The maximum absolute atomic E-state index is 13.0. The number of amides is 3. The summed E-state index contributed by atoms with van der Waals surface area (Å²) in [6.07, 6.45) is 2.96. The van der Waals surface area contributed by atoms with E-state index in [4.69, 9.17) is 5.73 Å². The second-order valence-corrected chi connectivity index (χ2v) is 7.12. The second kappa shape index (κ2) is 7.85. The summed E-state index contributed by atoms with van der Waals surface area (Å²) >= 11 is 0. The molecule has 2 N–H and O–H groups in total. The Kier molecular flexibility index (Phi) is 5.54. The number of halogens is 1. The second-order valence-electron chi connectivity index (χ2n) is 7.12. The van der Waals surface area contributed by atoms with Crippen molar-refractivity contribution in [3.05, 3.63) is 35.6 Å². The van der Waals surface area contributed by atoms with E-state index in [2.05, 4.69) is 0 Å². The van der Waals surface area contributed by atoms with Crippen LogP contribution in [0.1, 0.15) is 36.0 Å². The molecule has 3 rings (SSSR count). The van der Waals surface area contributed by atoms with Crippen LogP contribution in [0.3, 0.4) is 0 Å². The highest BCUT2D eigenvalue weighted by molar-refractivity contribution is 5.94. The molecule has 2 aliphatic heterocycles. The van der Waals surface area contributed by atoms with Crippen LogP contribution >= 0.6 is 0 Å². The molecule has 140 valence electrons. The van der Waals surface area contributed by atoms with Crippen molar-refractivity contribution in [2.24, 2.45) is 17.6 Å². The van der Waals surface area contributed by atoms with Gasteiger partial charge in [-0.1, -0.05) is 0 Å². The highest BCUT2D eigenvalue weighted by Crippen LogP contribution is 2.24. The number of rotatable bonds is 3. The lowest BCUT2D eigenvalue weighted by Crippen LogP contribution is -2.50. The molecule has 2 unspecified atom stereocenters. The fourth-order valence-corrected chi connectivity index (χ4v) is 3.81. The van der Waals surface area contributed by atoms with E-state index in [1.807, 2.05) is 0 Å². The molecule has 0 bridgehead atoms. The SMILES string of the molecule is NC(=O)C1CCCN(C(=O)C2CCCN(C(=O)c3ccc(F)cc3)C2)C1. The minimum absolute atomic E-state index is 0.00689. The normalized spacial score (nSPS) is 23.6. The fourth-order valence-electron chi connectivity index (χ4n) is 3.81. The van der Waals surface area contributed by atoms with Gasteiger partial charge >= 0.3 is 0 Å². The third-order valence-electron chi connectivity index (χ3n) is 5.28. The van der Waals surface area contributed by atoms with Crippen LogP contribution in [0.25, 0.3) is 0 Å². The smallest absolute Gasteiger partial charge is 0.253 e. The molecule has 2 saturated heterocycles. The number of likely N-dealkylation sites (tertiary alicyclic amines) is 2. The van der Waals surface area contributed by atoms with Crippen molar-refractivity contribution >= 4 is 17.7 Å². The number of hydrogen-bond donors (Lipinski definition) is 1. The van der Waals surface area contributed by atoms with Crippen molar-refractivity contribution in [1.82, 2.24) is 9.80 Å². The number of nitrogens with two attached hydrogens (primary N) is 1. The van der Waals surface area contributed by atoms with Crippen molar-refractivity contribution in [2.45, 2.75) is 25.7 Å². The van der Waals surface area contributed by atoms with Crippen molar-refractivity contribution in [3.8, 4) is 0 Å². The van der Waals surface area contributed by atoms with E-state index < -0.39 is 0 Å². The van der Waals surface area contributed by atoms with Gasteiger partial charge in [-0.15, -0.1) is 0 Å². The minimum atomic E-state index is -0.387. The van der Waals surface area contributed by atoms with E-state index in [-0.39, 0.29) is 35.4 Å². The van der Waals surface area contributed by atoms with Crippen LogP contribution in [0, 0.1) is 17.7 Å². The predicted molar refractivity (Wildman–Crippen MR) is 93.5 cm³/mol. The first-order chi connectivity index (χ1) is 12.5. The van der Waals surface area contributed by atoms with Crippen molar-refractivity contribution in [3.63, 3.8) is 0 Å². The van der Waals surface area contributed by atoms with Crippen molar-refractivity contribution in [1.29, 1.82) is 0 Å². The highest BCUT2D eigenvalue weighted by atomic mass is 19.1. The maximum Gasteiger partial charge on any atom is 0.253 e. The Balaban J connectivity index is 1.64. The van der Waals surface area contributed by atoms with Gasteiger partial charge in [-0.2, -0.15) is 0 Å². The number of primary amides is 1. The highest BCUT2D eigenvalue weighted by Gasteiger charge is 2.34. The molecule has 0 aliphatic carbocycles. The molecule has 0 aromatic heterocycles. The third-order valence-corrected chi connectivity index (χ3v) is 5.28. The van der Waals surface area contributed by atoms with Gasteiger partial charge in [-0.05, 0) is 49.9 Å². The standard InChI is InChI=1S/C19H24FN3O3/c20-16-7-5-13(6-8-16)18(25)23-10-2-4-15(12-23)19(26)22-9-1-3-14(11-22)17(21)24/h5-8,14-15H,1-4,9-12H2,(H2,21,24). The topological polar surface area (TPSA) is 83.7 Å². The van der Waals surface area contributed by atoms with Crippen molar-refractivity contribution in [2.75, 3.05) is 26.2 Å². The Bertz CT molecular complexity index is 692. The predicted octanol–water partition coefficient (Wildman–Crippen LogP) is 1.40. The number of carbonyl (C=O) groups is 3. The molecular weight excluding hydrogens is 337 g/mol. The summed E-state index contributed by atoms with van der Waals surface area (Å²) in [5, 5.41) is 0. The van der Waals surface area contributed by atoms with Crippen LogP contribution in [0.5, 0.6) is 0 Å². The van der Waals surface area contributed by atoms with Crippen LogP contribution in [-0.2, 0) is 9.59 Å². The summed E-state index contributed by atoms with van der Waals surface area (Å²) in [5.74, 6) is -1.49. The summed E-state index contributed by atoms with van der Waals surface area (Å²) in [4.78, 5) is 40.3. The van der Waals surface area contributed by atoms with Gasteiger partial charge in [0.1, 0.15) is 5.82 Å². The summed E-state index contributed by atoms with van der Waals surface area (Å²) in [7, 11) is 0. The molecule has 2 fully saturated rings. The van der Waals surface area contributed by atoms with Gasteiger partial charge in [-0.3, -0.25) is 14.4 Å². The van der Waals surface area contributed by atoms with Crippen LogP contribution < -0.4 is 5.73 Å². The molecule has 0 spiro atoms. The molecule has 26 heavy (non-hydrogen) atoms. The van der Waals surface area contributed by atoms with E-state index in [1.54, 1.807) is 9.80 Å². The Hall–Kier alpha value is -2.44. The lowest BCUT2D eigenvalue weighted by Gasteiger charge is -2.37. The zero-order valence-corrected chi connectivity index (χ0v) is 14.7. The largest absolute Gasteiger partial charge is 0.369 e. The molecule has 1 aromatic rings. The van der Waals surface area contributed by atoms with E-state index in [0.29, 0.717) is 31.7 Å². The van der Waals surface area contributed by atoms with Crippen LogP contribution in [0.4, 0.5) is 4.39 Å². The van der Waals surface area contributed by atoms with E-state index >= 15 is 0 Å². The van der Waals surface area contributed by atoms with Gasteiger partial charge in [-0.25, -0.2) is 4.39 Å². The van der Waals surface area contributed by atoms with Gasteiger partial charge in [0.25, 0.3) is 5.91 Å². The van der Waals surface area contributed by atoms with Gasteiger partial charge in [0.05, 0.1) is 11.8 Å². The van der Waals surface area contributed by atoms with Crippen LogP contribution in [0.15, 0.2) is 24.3 Å². The Morgan fingerprint density at radius 2 is 1.50 bits per heavy atom. The van der Waals surface area contributed by atoms with Gasteiger partial charge in [0, 0.05) is 31.7 Å². The quantitative estimate of drug-likeness (QED) is 0.883. The Morgan fingerprint density at radius 3 is 2.15 bits per heavy atom. The molecule has 2 atom stereocenters.